The fraction of sp³-hybridized carbons (Fsp3) is 0.267. The number of hydrogen-bond donors (Lipinski definition) is 1. The van der Waals surface area contributed by atoms with Gasteiger partial charge in [0.2, 0.25) is 0 Å². The first-order chi connectivity index (χ1) is 18.3. The maximum atomic E-state index is 13.5. The molecule has 1 heterocycles. The molecule has 0 radical (unpaired) electrons. The Labute approximate surface area is 221 Å². The topological polar surface area (TPSA) is 79.3 Å². The highest BCUT2D eigenvalue weighted by atomic mass is 19.1. The average molecular weight is 519 g/mol. The van der Waals surface area contributed by atoms with Gasteiger partial charge in [-0.1, -0.05) is 36.4 Å². The molecule has 0 bridgehead atoms. The van der Waals surface area contributed by atoms with E-state index in [2.05, 4.69) is 0 Å². The molecular formula is C30H31FN2O5. The third-order valence-corrected chi connectivity index (χ3v) is 6.27. The summed E-state index contributed by atoms with van der Waals surface area (Å²) in [6.45, 7) is 3.34. The molecule has 0 aliphatic carbocycles. The summed E-state index contributed by atoms with van der Waals surface area (Å²) in [5.41, 5.74) is 1.77. The first kappa shape index (κ1) is 26.9. The monoisotopic (exact) mass is 518 g/mol. The van der Waals surface area contributed by atoms with Crippen molar-refractivity contribution in [3.05, 3.63) is 101 Å². The summed E-state index contributed by atoms with van der Waals surface area (Å²) >= 11 is 0. The Hall–Kier alpha value is -4.17. The highest BCUT2D eigenvalue weighted by molar-refractivity contribution is 6.46. The number of rotatable bonds is 10. The first-order valence-electron chi connectivity index (χ1n) is 12.4. The second kappa shape index (κ2) is 11.9. The zero-order chi connectivity index (χ0) is 27.2. The summed E-state index contributed by atoms with van der Waals surface area (Å²) in [7, 11) is 3.74. The van der Waals surface area contributed by atoms with Crippen LogP contribution in [0.5, 0.6) is 11.5 Å². The Bertz CT molecular complexity index is 1320. The maximum absolute atomic E-state index is 13.5. The second-order valence-electron chi connectivity index (χ2n) is 9.22. The normalized spacial score (nSPS) is 16.8. The number of carbonyl (C=O) groups is 2. The number of likely N-dealkylation sites (N-methyl/N-ethyl adjacent to an activating group) is 1. The van der Waals surface area contributed by atoms with Crippen molar-refractivity contribution in [2.75, 3.05) is 33.8 Å². The number of amides is 1. The van der Waals surface area contributed by atoms with Gasteiger partial charge >= 0.3 is 0 Å². The maximum Gasteiger partial charge on any atom is 0.295 e. The number of aliphatic hydroxyl groups is 1. The van der Waals surface area contributed by atoms with E-state index in [-0.39, 0.29) is 23.4 Å². The minimum atomic E-state index is -0.859. The quantitative estimate of drug-likeness (QED) is 0.236. The molecule has 1 aliphatic rings. The third-order valence-electron chi connectivity index (χ3n) is 6.27. The predicted octanol–water partition coefficient (Wildman–Crippen LogP) is 4.79. The van der Waals surface area contributed by atoms with Crippen molar-refractivity contribution in [3.63, 3.8) is 0 Å². The number of nitrogens with zero attached hydrogens (tertiary/aromatic N) is 2. The fourth-order valence-electron chi connectivity index (χ4n) is 4.35. The number of ketones is 1. The molecule has 1 unspecified atom stereocenters. The molecule has 7 nitrogen and oxygen atoms in total. The number of Topliss-reactive ketones (excluding diaryl/α,β-unsaturated/α-hetero) is 1. The van der Waals surface area contributed by atoms with Gasteiger partial charge in [-0.15, -0.1) is 0 Å². The summed E-state index contributed by atoms with van der Waals surface area (Å²) < 4.78 is 25.4. The molecule has 1 N–H and O–H groups in total. The van der Waals surface area contributed by atoms with Crippen LogP contribution in [0.15, 0.2) is 78.4 Å². The number of hydrogen-bond acceptors (Lipinski definition) is 6. The van der Waals surface area contributed by atoms with Crippen LogP contribution >= 0.6 is 0 Å². The van der Waals surface area contributed by atoms with E-state index in [9.17, 15) is 19.1 Å². The predicted molar refractivity (Wildman–Crippen MR) is 142 cm³/mol. The molecule has 3 aromatic carbocycles. The Morgan fingerprint density at radius 2 is 1.68 bits per heavy atom. The SMILES string of the molecule is CCOc1cc(C2C(=C(O)c3ccc(F)cc3)C(=O)C(=O)N2CCN(C)C)ccc1OCc1ccccc1. The van der Waals surface area contributed by atoms with Crippen LogP contribution in [0.2, 0.25) is 0 Å². The summed E-state index contributed by atoms with van der Waals surface area (Å²) in [6, 6.07) is 19.2. The van der Waals surface area contributed by atoms with Crippen LogP contribution in [0, 0.1) is 5.82 Å². The second-order valence-corrected chi connectivity index (χ2v) is 9.22. The lowest BCUT2D eigenvalue weighted by Gasteiger charge is -2.27. The van der Waals surface area contributed by atoms with Gasteiger partial charge in [0.15, 0.2) is 11.5 Å². The lowest BCUT2D eigenvalue weighted by atomic mass is 9.95. The van der Waals surface area contributed by atoms with Gasteiger partial charge in [-0.25, -0.2) is 4.39 Å². The van der Waals surface area contributed by atoms with Gasteiger partial charge in [0, 0.05) is 18.7 Å². The minimum absolute atomic E-state index is 0.0548. The highest BCUT2D eigenvalue weighted by Crippen LogP contribution is 2.42. The lowest BCUT2D eigenvalue weighted by molar-refractivity contribution is -0.140. The summed E-state index contributed by atoms with van der Waals surface area (Å²) in [6.07, 6.45) is 0. The molecule has 1 saturated heterocycles. The zero-order valence-electron chi connectivity index (χ0n) is 21.7. The number of carbonyl (C=O) groups excluding carboxylic acids is 2. The van der Waals surface area contributed by atoms with Crippen molar-refractivity contribution in [2.45, 2.75) is 19.6 Å². The summed E-state index contributed by atoms with van der Waals surface area (Å²) in [5, 5.41) is 11.2. The Kier molecular flexibility index (Phi) is 8.43. The molecule has 1 amide bonds. The van der Waals surface area contributed by atoms with E-state index in [0.717, 1.165) is 5.56 Å². The Morgan fingerprint density at radius 3 is 2.34 bits per heavy atom. The number of benzene rings is 3. The van der Waals surface area contributed by atoms with Gasteiger partial charge in [0.05, 0.1) is 18.2 Å². The molecule has 1 aliphatic heterocycles. The van der Waals surface area contributed by atoms with E-state index in [0.29, 0.717) is 36.8 Å². The van der Waals surface area contributed by atoms with Crippen LogP contribution in [-0.4, -0.2) is 60.4 Å². The lowest BCUT2D eigenvalue weighted by Crippen LogP contribution is -2.35. The van der Waals surface area contributed by atoms with Crippen molar-refractivity contribution in [3.8, 4) is 11.5 Å². The molecule has 8 heteroatoms. The first-order valence-corrected chi connectivity index (χ1v) is 12.4. The summed E-state index contributed by atoms with van der Waals surface area (Å²) in [5.74, 6) is -1.36. The van der Waals surface area contributed by atoms with Crippen molar-refractivity contribution in [2.24, 2.45) is 0 Å². The van der Waals surface area contributed by atoms with Crippen molar-refractivity contribution in [1.82, 2.24) is 9.80 Å². The van der Waals surface area contributed by atoms with Gasteiger partial charge in [0.1, 0.15) is 18.2 Å². The molecule has 0 spiro atoms. The summed E-state index contributed by atoms with van der Waals surface area (Å²) in [4.78, 5) is 29.7. The Morgan fingerprint density at radius 1 is 0.974 bits per heavy atom. The van der Waals surface area contributed by atoms with E-state index < -0.39 is 23.5 Å². The highest BCUT2D eigenvalue weighted by Gasteiger charge is 2.46. The van der Waals surface area contributed by atoms with Crippen LogP contribution in [0.4, 0.5) is 4.39 Å². The molecule has 38 heavy (non-hydrogen) atoms. The molecule has 3 aromatic rings. The van der Waals surface area contributed by atoms with E-state index >= 15 is 0 Å². The van der Waals surface area contributed by atoms with Gasteiger partial charge in [-0.2, -0.15) is 0 Å². The molecule has 0 aromatic heterocycles. The van der Waals surface area contributed by atoms with E-state index in [4.69, 9.17) is 9.47 Å². The van der Waals surface area contributed by atoms with E-state index in [1.165, 1.54) is 29.2 Å². The van der Waals surface area contributed by atoms with Crippen LogP contribution in [-0.2, 0) is 16.2 Å². The Balaban J connectivity index is 1.77. The molecule has 4 rings (SSSR count). The van der Waals surface area contributed by atoms with Gasteiger partial charge in [-0.05, 0) is 68.5 Å². The zero-order valence-corrected chi connectivity index (χ0v) is 21.7. The standard InChI is InChI=1S/C30H31FN2O5/c1-4-37-25-18-22(12-15-24(25)38-19-20-8-6-5-7-9-20)27-26(28(34)21-10-13-23(31)14-11-21)29(35)30(36)33(27)17-16-32(2)3/h5-15,18,27,34H,4,16-17,19H2,1-3H3. The van der Waals surface area contributed by atoms with Crippen LogP contribution in [0.3, 0.4) is 0 Å². The third kappa shape index (κ3) is 5.86. The van der Waals surface area contributed by atoms with Crippen LogP contribution < -0.4 is 9.47 Å². The number of ether oxygens (including phenoxy) is 2. The average Bonchev–Trinajstić information content (AvgIpc) is 3.17. The molecule has 1 fully saturated rings. The largest absolute Gasteiger partial charge is 0.507 e. The van der Waals surface area contributed by atoms with Crippen molar-refractivity contribution in [1.29, 1.82) is 0 Å². The van der Waals surface area contributed by atoms with Crippen LogP contribution in [0.1, 0.15) is 29.7 Å². The molecular weight excluding hydrogens is 487 g/mol. The molecule has 0 saturated carbocycles. The van der Waals surface area contributed by atoms with E-state index in [1.54, 1.807) is 18.2 Å². The smallest absolute Gasteiger partial charge is 0.295 e. The van der Waals surface area contributed by atoms with Crippen molar-refractivity contribution < 1.29 is 28.6 Å². The van der Waals surface area contributed by atoms with E-state index in [1.807, 2.05) is 56.3 Å². The number of aliphatic hydroxyl groups excluding tert-OH is 1. The fourth-order valence-corrected chi connectivity index (χ4v) is 4.35. The van der Waals surface area contributed by atoms with Crippen molar-refractivity contribution >= 4 is 17.4 Å². The van der Waals surface area contributed by atoms with Gasteiger partial charge in [-0.3, -0.25) is 9.59 Å². The van der Waals surface area contributed by atoms with Crippen LogP contribution in [0.25, 0.3) is 5.76 Å². The number of likely N-dealkylation sites (tertiary alicyclic amines) is 1. The van der Waals surface area contributed by atoms with Gasteiger partial charge < -0.3 is 24.4 Å². The van der Waals surface area contributed by atoms with Gasteiger partial charge in [0.25, 0.3) is 11.7 Å². The molecule has 198 valence electrons. The number of halogens is 1. The minimum Gasteiger partial charge on any atom is -0.507 e. The molecule has 1 atom stereocenters.